The number of rotatable bonds is 3. The third kappa shape index (κ3) is 3.40. The number of halogens is 1. The summed E-state index contributed by atoms with van der Waals surface area (Å²) >= 11 is 5.57. The molecule has 2 aromatic rings. The van der Waals surface area contributed by atoms with Crippen LogP contribution in [0.2, 0.25) is 0 Å². The summed E-state index contributed by atoms with van der Waals surface area (Å²) in [6.07, 6.45) is 0. The number of fused-ring (bicyclic) bond motifs is 1. The Labute approximate surface area is 172 Å². The smallest absolute Gasteiger partial charge is 0.337 e. The monoisotopic (exact) mass is 414 g/mol. The molecule has 8 heteroatoms. The molecule has 1 N–H and O–H groups in total. The van der Waals surface area contributed by atoms with Gasteiger partial charge in [-0.05, 0) is 37.3 Å². The predicted molar refractivity (Wildman–Crippen MR) is 110 cm³/mol. The summed E-state index contributed by atoms with van der Waals surface area (Å²) in [5, 5.41) is 3.42. The lowest BCUT2D eigenvalue weighted by molar-refractivity contribution is -0.136. The molecule has 0 spiro atoms. The second kappa shape index (κ2) is 7.71. The summed E-state index contributed by atoms with van der Waals surface area (Å²) in [4.78, 5) is 14.3. The van der Waals surface area contributed by atoms with Crippen molar-refractivity contribution in [3.8, 4) is 11.5 Å². The van der Waals surface area contributed by atoms with Crippen molar-refractivity contribution in [1.82, 2.24) is 5.32 Å². The molecule has 0 aliphatic carbocycles. The fourth-order valence-corrected chi connectivity index (χ4v) is 3.90. The number of benzene rings is 2. The van der Waals surface area contributed by atoms with Crippen molar-refractivity contribution in [2.24, 2.45) is 0 Å². The second-order valence-corrected chi connectivity index (χ2v) is 6.94. The normalized spacial score (nSPS) is 18.4. The van der Waals surface area contributed by atoms with E-state index in [2.05, 4.69) is 5.32 Å². The fourth-order valence-electron chi connectivity index (χ4n) is 3.54. The molecule has 0 aromatic heterocycles. The summed E-state index contributed by atoms with van der Waals surface area (Å²) in [6, 6.07) is 10.9. The molecule has 0 amide bonds. The van der Waals surface area contributed by atoms with Gasteiger partial charge in [-0.25, -0.2) is 9.18 Å². The van der Waals surface area contributed by atoms with Crippen LogP contribution >= 0.6 is 12.2 Å². The van der Waals surface area contributed by atoms with E-state index in [1.165, 1.54) is 13.2 Å². The Morgan fingerprint density at radius 2 is 1.93 bits per heavy atom. The van der Waals surface area contributed by atoms with Gasteiger partial charge in [0.1, 0.15) is 19.0 Å². The van der Waals surface area contributed by atoms with E-state index in [1.54, 1.807) is 42.2 Å². The van der Waals surface area contributed by atoms with E-state index in [-0.39, 0.29) is 5.57 Å². The molecular weight excluding hydrogens is 395 g/mol. The minimum atomic E-state index is -0.760. The summed E-state index contributed by atoms with van der Waals surface area (Å²) in [5.41, 5.74) is 1.83. The lowest BCUT2D eigenvalue weighted by Gasteiger charge is -2.37. The first-order valence-corrected chi connectivity index (χ1v) is 9.46. The average molecular weight is 414 g/mol. The van der Waals surface area contributed by atoms with Crippen LogP contribution in [0.25, 0.3) is 0 Å². The molecule has 2 aliphatic heterocycles. The fraction of sp³-hybridized carbons (Fsp3) is 0.238. The molecule has 1 atom stereocenters. The number of carbonyl (C=O) groups excluding carboxylic acids is 1. The Morgan fingerprint density at radius 3 is 2.66 bits per heavy atom. The SMILES string of the molecule is COC(=O)C1=C(C)N(c2ccc3c(c2)OCCO3)C(=S)NC1c1ccccc1F. The summed E-state index contributed by atoms with van der Waals surface area (Å²) in [7, 11) is 1.29. The molecule has 0 fully saturated rings. The number of nitrogens with one attached hydrogen (secondary N) is 1. The van der Waals surface area contributed by atoms with Gasteiger partial charge < -0.3 is 19.5 Å². The Hall–Kier alpha value is -3.13. The first-order valence-electron chi connectivity index (χ1n) is 9.05. The number of allylic oxidation sites excluding steroid dienone is 1. The van der Waals surface area contributed by atoms with E-state index in [0.29, 0.717) is 46.8 Å². The number of methoxy groups -OCH3 is 1. The summed E-state index contributed by atoms with van der Waals surface area (Å²) in [6.45, 7) is 2.70. The van der Waals surface area contributed by atoms with Crippen molar-refractivity contribution in [3.05, 3.63) is 65.1 Å². The Balaban J connectivity index is 1.82. The van der Waals surface area contributed by atoms with Gasteiger partial charge in [0.15, 0.2) is 16.6 Å². The molecule has 2 aromatic carbocycles. The van der Waals surface area contributed by atoms with Gasteiger partial charge in [-0.1, -0.05) is 18.2 Å². The molecule has 4 rings (SSSR count). The molecule has 29 heavy (non-hydrogen) atoms. The van der Waals surface area contributed by atoms with Crippen molar-refractivity contribution in [1.29, 1.82) is 0 Å². The van der Waals surface area contributed by atoms with Gasteiger partial charge in [0.2, 0.25) is 0 Å². The maximum absolute atomic E-state index is 14.5. The third-order valence-corrected chi connectivity index (χ3v) is 5.19. The standard InChI is InChI=1S/C21H19FN2O4S/c1-12-18(20(25)26-2)19(14-5-3-4-6-15(14)22)23-21(29)24(12)13-7-8-16-17(11-13)28-10-9-27-16/h3-8,11,19H,9-10H2,1-2H3,(H,23,29). The van der Waals surface area contributed by atoms with E-state index in [4.69, 9.17) is 26.4 Å². The van der Waals surface area contributed by atoms with Gasteiger partial charge in [-0.2, -0.15) is 0 Å². The zero-order chi connectivity index (χ0) is 20.5. The largest absolute Gasteiger partial charge is 0.486 e. The molecular formula is C21H19FN2O4S. The quantitative estimate of drug-likeness (QED) is 0.610. The van der Waals surface area contributed by atoms with Crippen LogP contribution in [0.4, 0.5) is 10.1 Å². The topological polar surface area (TPSA) is 60.0 Å². The van der Waals surface area contributed by atoms with Gasteiger partial charge >= 0.3 is 5.97 Å². The average Bonchev–Trinajstić information content (AvgIpc) is 2.73. The van der Waals surface area contributed by atoms with E-state index in [0.717, 1.165) is 0 Å². The van der Waals surface area contributed by atoms with Gasteiger partial charge in [0, 0.05) is 17.3 Å². The van der Waals surface area contributed by atoms with Crippen LogP contribution in [-0.4, -0.2) is 31.4 Å². The number of ether oxygens (including phenoxy) is 3. The lowest BCUT2D eigenvalue weighted by atomic mass is 9.94. The van der Waals surface area contributed by atoms with Crippen LogP contribution in [0.15, 0.2) is 53.7 Å². The molecule has 2 heterocycles. The molecule has 0 saturated carbocycles. The van der Waals surface area contributed by atoms with Crippen LogP contribution < -0.4 is 19.7 Å². The number of carbonyl (C=O) groups is 1. The maximum atomic E-state index is 14.5. The number of hydrogen-bond acceptors (Lipinski definition) is 5. The molecule has 0 saturated heterocycles. The molecule has 6 nitrogen and oxygen atoms in total. The second-order valence-electron chi connectivity index (χ2n) is 6.56. The van der Waals surface area contributed by atoms with Crippen molar-refractivity contribution in [2.75, 3.05) is 25.2 Å². The Kier molecular flexibility index (Phi) is 5.10. The van der Waals surface area contributed by atoms with Gasteiger partial charge in [0.05, 0.1) is 24.4 Å². The zero-order valence-corrected chi connectivity index (χ0v) is 16.7. The van der Waals surface area contributed by atoms with Gasteiger partial charge in [-0.3, -0.25) is 4.90 Å². The first kappa shape index (κ1) is 19.2. The van der Waals surface area contributed by atoms with Crippen LogP contribution in [0.3, 0.4) is 0 Å². The van der Waals surface area contributed by atoms with E-state index in [9.17, 15) is 9.18 Å². The zero-order valence-electron chi connectivity index (χ0n) is 15.9. The highest BCUT2D eigenvalue weighted by atomic mass is 32.1. The van der Waals surface area contributed by atoms with E-state index < -0.39 is 17.8 Å². The summed E-state index contributed by atoms with van der Waals surface area (Å²) < 4.78 is 30.7. The third-order valence-electron chi connectivity index (χ3n) is 4.89. The number of thiocarbonyl (C=S) groups is 1. The van der Waals surface area contributed by atoms with Crippen molar-refractivity contribution >= 4 is 29.0 Å². The van der Waals surface area contributed by atoms with Crippen LogP contribution in [0.5, 0.6) is 11.5 Å². The van der Waals surface area contributed by atoms with Crippen molar-refractivity contribution in [2.45, 2.75) is 13.0 Å². The van der Waals surface area contributed by atoms with Crippen LogP contribution in [-0.2, 0) is 9.53 Å². The Bertz CT molecular complexity index is 1020. The van der Waals surface area contributed by atoms with Gasteiger partial charge in [-0.15, -0.1) is 0 Å². The maximum Gasteiger partial charge on any atom is 0.337 e. The van der Waals surface area contributed by atoms with Gasteiger partial charge in [0.25, 0.3) is 0 Å². The lowest BCUT2D eigenvalue weighted by Crippen LogP contribution is -2.48. The highest BCUT2D eigenvalue weighted by Gasteiger charge is 2.36. The minimum absolute atomic E-state index is 0.279. The molecule has 2 aliphatic rings. The van der Waals surface area contributed by atoms with Crippen molar-refractivity contribution < 1.29 is 23.4 Å². The highest BCUT2D eigenvalue weighted by Crippen LogP contribution is 2.39. The first-order chi connectivity index (χ1) is 14.0. The predicted octanol–water partition coefficient (Wildman–Crippen LogP) is 3.48. The minimum Gasteiger partial charge on any atom is -0.486 e. The molecule has 0 bridgehead atoms. The number of anilines is 1. The number of hydrogen-bond donors (Lipinski definition) is 1. The Morgan fingerprint density at radius 1 is 1.21 bits per heavy atom. The molecule has 0 radical (unpaired) electrons. The number of nitrogens with zero attached hydrogens (tertiary/aromatic N) is 1. The molecule has 150 valence electrons. The van der Waals surface area contributed by atoms with Crippen LogP contribution in [0.1, 0.15) is 18.5 Å². The highest BCUT2D eigenvalue weighted by molar-refractivity contribution is 7.80. The number of esters is 1. The van der Waals surface area contributed by atoms with E-state index >= 15 is 0 Å². The molecule has 1 unspecified atom stereocenters. The summed E-state index contributed by atoms with van der Waals surface area (Å²) in [5.74, 6) is 0.248. The van der Waals surface area contributed by atoms with E-state index in [1.807, 2.05) is 6.07 Å². The van der Waals surface area contributed by atoms with Crippen molar-refractivity contribution in [3.63, 3.8) is 0 Å². The van der Waals surface area contributed by atoms with Crippen LogP contribution in [0, 0.1) is 5.82 Å².